The highest BCUT2D eigenvalue weighted by Crippen LogP contribution is 2.38. The number of ether oxygens (including phenoxy) is 1. The largest absolute Gasteiger partial charge is 0.374 e. The normalized spacial score (nSPS) is 25.3. The number of halogens is 2. The molecule has 0 spiro atoms. The van der Waals surface area contributed by atoms with Crippen LogP contribution in [0.1, 0.15) is 32.3 Å². The van der Waals surface area contributed by atoms with Gasteiger partial charge < -0.3 is 25.4 Å². The molecule has 1 aliphatic carbocycles. The summed E-state index contributed by atoms with van der Waals surface area (Å²) in [5, 5.41) is 17.3. The summed E-state index contributed by atoms with van der Waals surface area (Å²) in [7, 11) is 3.41. The number of carbonyl (C=O) groups is 1. The highest BCUT2D eigenvalue weighted by Gasteiger charge is 2.39. The van der Waals surface area contributed by atoms with Gasteiger partial charge in [0.1, 0.15) is 11.6 Å². The number of nitrogens with zero attached hydrogens (tertiary/aromatic N) is 2. The van der Waals surface area contributed by atoms with E-state index in [9.17, 15) is 13.6 Å². The Morgan fingerprint density at radius 3 is 2.50 bits per heavy atom. The van der Waals surface area contributed by atoms with Gasteiger partial charge in [-0.2, -0.15) is 0 Å². The van der Waals surface area contributed by atoms with E-state index in [4.69, 9.17) is 15.6 Å². The molecular formula is C24H32F2N4O2. The molecule has 1 saturated heterocycles. The summed E-state index contributed by atoms with van der Waals surface area (Å²) < 4.78 is 34.4. The van der Waals surface area contributed by atoms with Gasteiger partial charge in [-0.25, -0.2) is 13.6 Å². The van der Waals surface area contributed by atoms with Gasteiger partial charge >= 0.3 is 6.03 Å². The fourth-order valence-corrected chi connectivity index (χ4v) is 4.68. The molecule has 3 rings (SSSR count). The second-order valence-corrected chi connectivity index (χ2v) is 9.09. The van der Waals surface area contributed by atoms with Crippen LogP contribution in [-0.4, -0.2) is 67.2 Å². The molecule has 1 aromatic rings. The number of hydrogen-bond donors (Lipinski definition) is 2. The van der Waals surface area contributed by atoms with E-state index in [0.29, 0.717) is 31.0 Å². The quantitative estimate of drug-likeness (QED) is 0.675. The minimum absolute atomic E-state index is 0.0111. The maximum atomic E-state index is 14.2. The number of rotatable bonds is 4. The molecular weight excluding hydrogens is 414 g/mol. The van der Waals surface area contributed by atoms with Crippen LogP contribution >= 0.6 is 0 Å². The minimum Gasteiger partial charge on any atom is -0.374 e. The van der Waals surface area contributed by atoms with Gasteiger partial charge in [0, 0.05) is 38.8 Å². The molecule has 6 nitrogen and oxygen atoms in total. The smallest absolute Gasteiger partial charge is 0.319 e. The predicted molar refractivity (Wildman–Crippen MR) is 120 cm³/mol. The summed E-state index contributed by atoms with van der Waals surface area (Å²) in [6.07, 6.45) is 2.64. The van der Waals surface area contributed by atoms with E-state index in [1.807, 2.05) is 13.8 Å². The second-order valence-electron chi connectivity index (χ2n) is 9.09. The number of nitrogens with one attached hydrogen (secondary N) is 2. The zero-order chi connectivity index (χ0) is 23.6. The van der Waals surface area contributed by atoms with Gasteiger partial charge in [0.15, 0.2) is 0 Å². The average Bonchev–Trinajstić information content (AvgIpc) is 2.74. The van der Waals surface area contributed by atoms with Gasteiger partial charge in [-0.15, -0.1) is 0 Å². The van der Waals surface area contributed by atoms with Crippen molar-refractivity contribution in [2.24, 2.45) is 17.8 Å². The van der Waals surface area contributed by atoms with Gasteiger partial charge in [0.25, 0.3) is 0 Å². The Hall–Kier alpha value is -2.61. The van der Waals surface area contributed by atoms with Gasteiger partial charge in [0.05, 0.1) is 24.0 Å². The van der Waals surface area contributed by atoms with E-state index in [1.165, 1.54) is 17.0 Å². The Kier molecular flexibility index (Phi) is 7.44. The van der Waals surface area contributed by atoms with Crippen molar-refractivity contribution in [1.82, 2.24) is 9.80 Å². The van der Waals surface area contributed by atoms with Gasteiger partial charge in [-0.1, -0.05) is 19.9 Å². The van der Waals surface area contributed by atoms with E-state index in [0.717, 1.165) is 25.0 Å². The molecule has 0 radical (unpaired) electrons. The molecule has 32 heavy (non-hydrogen) atoms. The summed E-state index contributed by atoms with van der Waals surface area (Å²) in [5.41, 5.74) is 0.305. The molecule has 8 heteroatoms. The Morgan fingerprint density at radius 1 is 1.25 bits per heavy atom. The third-order valence-corrected chi connectivity index (χ3v) is 6.40. The molecule has 2 fully saturated rings. The van der Waals surface area contributed by atoms with Crippen molar-refractivity contribution < 1.29 is 18.3 Å². The van der Waals surface area contributed by atoms with Gasteiger partial charge in [0.2, 0.25) is 0 Å². The summed E-state index contributed by atoms with van der Waals surface area (Å²) in [6, 6.07) is 3.44. The fourth-order valence-electron chi connectivity index (χ4n) is 4.68. The number of urea groups is 1. The highest BCUT2D eigenvalue weighted by molar-refractivity contribution is 6.13. The molecule has 0 aromatic heterocycles. The van der Waals surface area contributed by atoms with E-state index in [-0.39, 0.29) is 41.2 Å². The third kappa shape index (κ3) is 4.90. The van der Waals surface area contributed by atoms with Crippen LogP contribution < -0.4 is 0 Å². The zero-order valence-electron chi connectivity index (χ0n) is 19.1. The molecule has 1 heterocycles. The van der Waals surface area contributed by atoms with E-state index in [1.54, 1.807) is 19.0 Å². The van der Waals surface area contributed by atoms with E-state index >= 15 is 0 Å². The molecule has 1 aliphatic heterocycles. The van der Waals surface area contributed by atoms with Crippen LogP contribution in [0.3, 0.4) is 0 Å². The Balaban J connectivity index is 1.89. The first-order chi connectivity index (χ1) is 15.1. The lowest BCUT2D eigenvalue weighted by Gasteiger charge is -2.42. The maximum Gasteiger partial charge on any atom is 0.319 e. The Labute approximate surface area is 188 Å². The highest BCUT2D eigenvalue weighted by atomic mass is 19.1. The summed E-state index contributed by atoms with van der Waals surface area (Å²) >= 11 is 0. The number of morpholine rings is 1. The molecule has 1 aromatic carbocycles. The monoisotopic (exact) mass is 446 g/mol. The molecule has 0 bridgehead atoms. The van der Waals surface area contributed by atoms with Crippen LogP contribution in [0.5, 0.6) is 0 Å². The topological polar surface area (TPSA) is 80.5 Å². The van der Waals surface area contributed by atoms with Gasteiger partial charge in [-0.05, 0) is 48.5 Å². The fraction of sp³-hybridized carbons (Fsp3) is 0.542. The van der Waals surface area contributed by atoms with E-state index < -0.39 is 11.6 Å². The maximum absolute atomic E-state index is 14.2. The van der Waals surface area contributed by atoms with Crippen molar-refractivity contribution in [3.05, 3.63) is 47.0 Å². The van der Waals surface area contributed by atoms with Crippen molar-refractivity contribution in [2.75, 3.05) is 33.8 Å². The van der Waals surface area contributed by atoms with Crippen molar-refractivity contribution in [3.63, 3.8) is 0 Å². The van der Waals surface area contributed by atoms with Crippen LogP contribution in [0.2, 0.25) is 0 Å². The number of allylic oxidation sites excluding steroid dienone is 2. The van der Waals surface area contributed by atoms with Crippen molar-refractivity contribution >= 4 is 17.5 Å². The van der Waals surface area contributed by atoms with Crippen LogP contribution in [0.25, 0.3) is 0 Å². The van der Waals surface area contributed by atoms with Crippen LogP contribution in [0.15, 0.2) is 29.8 Å². The van der Waals surface area contributed by atoms with Gasteiger partial charge in [-0.3, -0.25) is 0 Å². The summed E-state index contributed by atoms with van der Waals surface area (Å²) in [5.74, 6) is -1.61. The van der Waals surface area contributed by atoms with Crippen molar-refractivity contribution in [1.29, 1.82) is 10.8 Å². The summed E-state index contributed by atoms with van der Waals surface area (Å²) in [4.78, 5) is 15.7. The first kappa shape index (κ1) is 24.0. The van der Waals surface area contributed by atoms with Crippen LogP contribution in [0.4, 0.5) is 13.6 Å². The number of hydrogen-bond acceptors (Lipinski definition) is 4. The molecule has 2 amide bonds. The molecule has 1 saturated carbocycles. The number of benzene rings is 1. The lowest BCUT2D eigenvalue weighted by molar-refractivity contribution is -0.0374. The SMILES string of the molecule is CC(C)C1CCC([C@@H]2CN(C(=O)N(C)C)CCO2)C(=N)/C1=C\C(=N)c1c(F)cccc1F. The molecule has 2 N–H and O–H groups in total. The third-order valence-electron chi connectivity index (χ3n) is 6.40. The Morgan fingerprint density at radius 2 is 1.91 bits per heavy atom. The standard InChI is InChI=1S/C24H32F2N4O2/c1-14(2)15-8-9-16(21-13-30(10-11-32-21)24(31)29(3)4)23(28)17(15)12-20(27)22-18(25)6-5-7-19(22)26/h5-7,12,14-16,21,27-28H,8-11,13H2,1-4H3/b17-12-,27-20?,28-23?/t15?,16?,21-/m0/s1. The first-order valence-electron chi connectivity index (χ1n) is 11.0. The average molecular weight is 447 g/mol. The summed E-state index contributed by atoms with van der Waals surface area (Å²) in [6.45, 7) is 5.39. The number of amides is 2. The number of carbonyl (C=O) groups excluding carboxylic acids is 1. The molecule has 2 aliphatic rings. The van der Waals surface area contributed by atoms with Crippen molar-refractivity contribution in [3.8, 4) is 0 Å². The van der Waals surface area contributed by atoms with Crippen molar-refractivity contribution in [2.45, 2.75) is 32.8 Å². The van der Waals surface area contributed by atoms with Crippen LogP contribution in [0, 0.1) is 40.2 Å². The lowest BCUT2D eigenvalue weighted by Crippen LogP contribution is -2.53. The Bertz CT molecular complexity index is 908. The lowest BCUT2D eigenvalue weighted by atomic mass is 9.70. The minimum atomic E-state index is -0.791. The first-order valence-corrected chi connectivity index (χ1v) is 11.0. The van der Waals surface area contributed by atoms with Crippen LogP contribution in [-0.2, 0) is 4.74 Å². The van der Waals surface area contributed by atoms with E-state index in [2.05, 4.69) is 0 Å². The second kappa shape index (κ2) is 9.90. The molecule has 3 atom stereocenters. The molecule has 2 unspecified atom stereocenters. The predicted octanol–water partition coefficient (Wildman–Crippen LogP) is 4.34. The molecule has 174 valence electrons. The zero-order valence-corrected chi connectivity index (χ0v) is 19.1.